The molecule has 0 aliphatic rings. The van der Waals surface area contributed by atoms with E-state index in [1.54, 1.807) is 7.11 Å². The highest BCUT2D eigenvalue weighted by Gasteiger charge is 2.16. The van der Waals surface area contributed by atoms with Crippen molar-refractivity contribution in [1.82, 2.24) is 15.1 Å². The molecule has 0 aliphatic heterocycles. The largest absolute Gasteiger partial charge is 0.383 e. The van der Waals surface area contributed by atoms with Crippen LogP contribution in [0, 0.1) is 0 Å². The first-order chi connectivity index (χ1) is 7.76. The van der Waals surface area contributed by atoms with Crippen LogP contribution in [0.3, 0.4) is 0 Å². The highest BCUT2D eigenvalue weighted by atomic mass is 16.5. The quantitative estimate of drug-likeness (QED) is 0.768. The Morgan fingerprint density at radius 3 is 2.69 bits per heavy atom. The molecule has 0 amide bonds. The normalized spacial score (nSPS) is 13.0. The van der Waals surface area contributed by atoms with Crippen molar-refractivity contribution < 1.29 is 4.74 Å². The number of hydrogen-bond acceptors (Lipinski definition) is 3. The van der Waals surface area contributed by atoms with E-state index in [2.05, 4.69) is 41.9 Å². The Morgan fingerprint density at radius 2 is 2.19 bits per heavy atom. The summed E-state index contributed by atoms with van der Waals surface area (Å²) in [5.74, 6) is 0. The predicted molar refractivity (Wildman–Crippen MR) is 65.6 cm³/mol. The fourth-order valence-electron chi connectivity index (χ4n) is 1.86. The van der Waals surface area contributed by atoms with Gasteiger partial charge in [-0.1, -0.05) is 13.8 Å². The standard InChI is InChI=1S/C12H23N3O/c1-5-10-8-12(15(7-3)14-10)11(9-16-4)13-6-2/h8,11,13H,5-7,9H2,1-4H3. The number of hydrogen-bond donors (Lipinski definition) is 1. The molecular formula is C12H23N3O. The van der Waals surface area contributed by atoms with Crippen molar-refractivity contribution in [2.45, 2.75) is 39.8 Å². The lowest BCUT2D eigenvalue weighted by Crippen LogP contribution is -2.27. The summed E-state index contributed by atoms with van der Waals surface area (Å²) in [5.41, 5.74) is 2.37. The Balaban J connectivity index is 2.91. The molecule has 16 heavy (non-hydrogen) atoms. The fourth-order valence-corrected chi connectivity index (χ4v) is 1.86. The van der Waals surface area contributed by atoms with Crippen LogP contribution < -0.4 is 5.32 Å². The van der Waals surface area contributed by atoms with Gasteiger partial charge >= 0.3 is 0 Å². The van der Waals surface area contributed by atoms with Crippen LogP contribution >= 0.6 is 0 Å². The van der Waals surface area contributed by atoms with Gasteiger partial charge in [0, 0.05) is 13.7 Å². The lowest BCUT2D eigenvalue weighted by Gasteiger charge is -2.17. The van der Waals surface area contributed by atoms with Crippen LogP contribution in [0.15, 0.2) is 6.07 Å². The van der Waals surface area contributed by atoms with Crippen LogP contribution in [-0.4, -0.2) is 30.0 Å². The van der Waals surface area contributed by atoms with Crippen molar-refractivity contribution in [1.29, 1.82) is 0 Å². The summed E-state index contributed by atoms with van der Waals surface area (Å²) < 4.78 is 7.31. The van der Waals surface area contributed by atoms with Gasteiger partial charge in [-0.25, -0.2) is 0 Å². The molecule has 0 saturated carbocycles. The van der Waals surface area contributed by atoms with E-state index in [9.17, 15) is 0 Å². The lowest BCUT2D eigenvalue weighted by molar-refractivity contribution is 0.164. The molecule has 1 aromatic rings. The van der Waals surface area contributed by atoms with Crippen molar-refractivity contribution >= 4 is 0 Å². The molecule has 0 fully saturated rings. The minimum absolute atomic E-state index is 0.239. The predicted octanol–water partition coefficient (Wildman–Crippen LogP) is 1.76. The van der Waals surface area contributed by atoms with Crippen LogP contribution in [0.2, 0.25) is 0 Å². The smallest absolute Gasteiger partial charge is 0.0729 e. The third-order valence-electron chi connectivity index (χ3n) is 2.66. The van der Waals surface area contributed by atoms with E-state index in [1.807, 2.05) is 0 Å². The van der Waals surface area contributed by atoms with Crippen molar-refractivity contribution in [3.8, 4) is 0 Å². The monoisotopic (exact) mass is 225 g/mol. The molecule has 0 bridgehead atoms. The van der Waals surface area contributed by atoms with Crippen LogP contribution in [0.5, 0.6) is 0 Å². The van der Waals surface area contributed by atoms with Crippen molar-refractivity contribution in [3.05, 3.63) is 17.5 Å². The summed E-state index contributed by atoms with van der Waals surface area (Å²) in [5, 5.41) is 7.98. The maximum absolute atomic E-state index is 5.25. The number of methoxy groups -OCH3 is 1. The molecule has 0 aromatic carbocycles. The molecule has 1 unspecified atom stereocenters. The molecule has 4 heteroatoms. The Bertz CT molecular complexity index is 303. The number of nitrogens with zero attached hydrogens (tertiary/aromatic N) is 2. The van der Waals surface area contributed by atoms with Crippen LogP contribution in [0.25, 0.3) is 0 Å². The molecule has 1 N–H and O–H groups in total. The second-order valence-corrected chi connectivity index (χ2v) is 3.80. The number of likely N-dealkylation sites (N-methyl/N-ethyl adjacent to an activating group) is 1. The summed E-state index contributed by atoms with van der Waals surface area (Å²) in [6.07, 6.45) is 0.978. The minimum Gasteiger partial charge on any atom is -0.383 e. The van der Waals surface area contributed by atoms with Gasteiger partial charge in [-0.3, -0.25) is 4.68 Å². The molecule has 1 atom stereocenters. The molecule has 1 heterocycles. The van der Waals surface area contributed by atoms with Crippen LogP contribution in [0.1, 0.15) is 38.2 Å². The summed E-state index contributed by atoms with van der Waals surface area (Å²) in [4.78, 5) is 0. The molecular weight excluding hydrogens is 202 g/mol. The third-order valence-corrected chi connectivity index (χ3v) is 2.66. The van der Waals surface area contributed by atoms with E-state index >= 15 is 0 Å². The van der Waals surface area contributed by atoms with Gasteiger partial charge < -0.3 is 10.1 Å². The van der Waals surface area contributed by atoms with E-state index in [0.29, 0.717) is 6.61 Å². The average Bonchev–Trinajstić information content (AvgIpc) is 2.72. The highest BCUT2D eigenvalue weighted by Crippen LogP contribution is 2.15. The average molecular weight is 225 g/mol. The van der Waals surface area contributed by atoms with E-state index in [1.165, 1.54) is 5.69 Å². The molecule has 1 rings (SSSR count). The van der Waals surface area contributed by atoms with Gasteiger partial charge in [-0.15, -0.1) is 0 Å². The Labute approximate surface area is 98.0 Å². The Morgan fingerprint density at radius 1 is 1.44 bits per heavy atom. The first-order valence-electron chi connectivity index (χ1n) is 6.05. The van der Waals surface area contributed by atoms with Gasteiger partial charge in [-0.2, -0.15) is 5.10 Å². The molecule has 0 radical (unpaired) electrons. The second-order valence-electron chi connectivity index (χ2n) is 3.80. The SMILES string of the molecule is CCNC(COC)c1cc(CC)nn1CC. The van der Waals surface area contributed by atoms with Gasteiger partial charge in [0.1, 0.15) is 0 Å². The zero-order valence-electron chi connectivity index (χ0n) is 10.8. The molecule has 0 aliphatic carbocycles. The minimum atomic E-state index is 0.239. The van der Waals surface area contributed by atoms with Crippen molar-refractivity contribution in [2.24, 2.45) is 0 Å². The molecule has 92 valence electrons. The second kappa shape index (κ2) is 6.66. The topological polar surface area (TPSA) is 39.1 Å². The van der Waals surface area contributed by atoms with E-state index in [0.717, 1.165) is 25.2 Å². The zero-order valence-corrected chi connectivity index (χ0v) is 10.8. The first kappa shape index (κ1) is 13.2. The van der Waals surface area contributed by atoms with Crippen LogP contribution in [-0.2, 0) is 17.7 Å². The van der Waals surface area contributed by atoms with Gasteiger partial charge in [-0.05, 0) is 26.0 Å². The van der Waals surface area contributed by atoms with Crippen LogP contribution in [0.4, 0.5) is 0 Å². The summed E-state index contributed by atoms with van der Waals surface area (Å²) in [7, 11) is 1.73. The number of aryl methyl sites for hydroxylation is 2. The number of rotatable bonds is 7. The number of nitrogens with one attached hydrogen (secondary N) is 1. The Hall–Kier alpha value is -0.870. The fraction of sp³-hybridized carbons (Fsp3) is 0.750. The van der Waals surface area contributed by atoms with Crippen molar-refractivity contribution in [2.75, 3.05) is 20.3 Å². The third kappa shape index (κ3) is 3.06. The lowest BCUT2D eigenvalue weighted by atomic mass is 10.2. The summed E-state index contributed by atoms with van der Waals surface area (Å²) in [6, 6.07) is 2.42. The first-order valence-corrected chi connectivity index (χ1v) is 6.05. The van der Waals surface area contributed by atoms with E-state index in [4.69, 9.17) is 4.74 Å². The maximum atomic E-state index is 5.25. The Kier molecular flexibility index (Phi) is 5.49. The van der Waals surface area contributed by atoms with Gasteiger partial charge in [0.05, 0.1) is 24.0 Å². The highest BCUT2D eigenvalue weighted by molar-refractivity contribution is 5.14. The van der Waals surface area contributed by atoms with Gasteiger partial charge in [0.15, 0.2) is 0 Å². The molecule has 4 nitrogen and oxygen atoms in total. The summed E-state index contributed by atoms with van der Waals surface area (Å²) >= 11 is 0. The van der Waals surface area contributed by atoms with Gasteiger partial charge in [0.2, 0.25) is 0 Å². The number of ether oxygens (including phenoxy) is 1. The van der Waals surface area contributed by atoms with Crippen molar-refractivity contribution in [3.63, 3.8) is 0 Å². The summed E-state index contributed by atoms with van der Waals surface area (Å²) in [6.45, 7) is 8.88. The molecule has 0 spiro atoms. The zero-order chi connectivity index (χ0) is 12.0. The van der Waals surface area contributed by atoms with E-state index in [-0.39, 0.29) is 6.04 Å². The molecule has 1 aromatic heterocycles. The maximum Gasteiger partial charge on any atom is 0.0729 e. The van der Waals surface area contributed by atoms with Gasteiger partial charge in [0.25, 0.3) is 0 Å². The van der Waals surface area contributed by atoms with E-state index < -0.39 is 0 Å². The molecule has 0 saturated heterocycles. The number of aromatic nitrogens is 2.